The summed E-state index contributed by atoms with van der Waals surface area (Å²) in [5.74, 6) is 0.516. The predicted molar refractivity (Wildman–Crippen MR) is 57.7 cm³/mol. The molecule has 1 atom stereocenters. The van der Waals surface area contributed by atoms with Crippen LogP contribution in [0.15, 0.2) is 23.5 Å². The number of nitrogens with zero attached hydrogens (tertiary/aromatic N) is 2. The van der Waals surface area contributed by atoms with Gasteiger partial charge in [-0.25, -0.2) is 0 Å². The summed E-state index contributed by atoms with van der Waals surface area (Å²) in [6.45, 7) is 4.10. The van der Waals surface area contributed by atoms with E-state index >= 15 is 0 Å². The third-order valence-electron chi connectivity index (χ3n) is 3.26. The molecule has 1 aliphatic carbocycles. The molecule has 82 valence electrons. The first-order valence-corrected chi connectivity index (χ1v) is 5.53. The van der Waals surface area contributed by atoms with Crippen LogP contribution in [0.1, 0.15) is 26.2 Å². The molecule has 4 heteroatoms. The molecule has 0 aromatic rings. The summed E-state index contributed by atoms with van der Waals surface area (Å²) >= 11 is 0. The van der Waals surface area contributed by atoms with E-state index in [-0.39, 0.29) is 10.6 Å². The van der Waals surface area contributed by atoms with Crippen LogP contribution in [0.25, 0.3) is 0 Å². The summed E-state index contributed by atoms with van der Waals surface area (Å²) in [6.07, 6.45) is 6.73. The number of allylic oxidation sites excluding steroid dienone is 3. The predicted octanol–water partition coefficient (Wildman–Crippen LogP) is 2.17. The fourth-order valence-corrected chi connectivity index (χ4v) is 2.45. The van der Waals surface area contributed by atoms with Crippen molar-refractivity contribution in [2.24, 2.45) is 5.92 Å². The molecule has 0 spiro atoms. The second-order valence-corrected chi connectivity index (χ2v) is 4.11. The number of likely N-dealkylation sites (tertiary alicyclic amines) is 1. The molecule has 0 aromatic carbocycles. The lowest BCUT2D eigenvalue weighted by atomic mass is 9.87. The summed E-state index contributed by atoms with van der Waals surface area (Å²) in [4.78, 5) is 12.7. The van der Waals surface area contributed by atoms with Gasteiger partial charge in [-0.1, -0.05) is 0 Å². The van der Waals surface area contributed by atoms with Crippen LogP contribution in [-0.2, 0) is 0 Å². The largest absolute Gasteiger partial charge is 0.375 e. The lowest BCUT2D eigenvalue weighted by molar-refractivity contribution is -0.419. The molecule has 0 N–H and O–H groups in total. The molecule has 0 amide bonds. The molecular formula is C11H16N2O2. The zero-order valence-electron chi connectivity index (χ0n) is 8.98. The molecule has 0 saturated carbocycles. The van der Waals surface area contributed by atoms with Crippen LogP contribution in [0.3, 0.4) is 0 Å². The van der Waals surface area contributed by atoms with Crippen molar-refractivity contribution in [1.29, 1.82) is 0 Å². The molecule has 0 bridgehead atoms. The summed E-state index contributed by atoms with van der Waals surface area (Å²) in [5.41, 5.74) is 1.44. The molecule has 15 heavy (non-hydrogen) atoms. The van der Waals surface area contributed by atoms with Crippen molar-refractivity contribution in [3.63, 3.8) is 0 Å². The van der Waals surface area contributed by atoms with Gasteiger partial charge in [0.1, 0.15) is 0 Å². The molecule has 0 aromatic heterocycles. The van der Waals surface area contributed by atoms with E-state index in [1.165, 1.54) is 18.5 Å². The molecule has 2 rings (SSSR count). The van der Waals surface area contributed by atoms with Gasteiger partial charge in [0.2, 0.25) is 0 Å². The van der Waals surface area contributed by atoms with Crippen molar-refractivity contribution in [3.05, 3.63) is 33.7 Å². The van der Waals surface area contributed by atoms with Gasteiger partial charge in [0, 0.05) is 30.8 Å². The molecule has 1 heterocycles. The first-order valence-electron chi connectivity index (χ1n) is 5.53. The zero-order valence-corrected chi connectivity index (χ0v) is 8.98. The van der Waals surface area contributed by atoms with Gasteiger partial charge in [-0.3, -0.25) is 10.1 Å². The van der Waals surface area contributed by atoms with Crippen LogP contribution >= 0.6 is 0 Å². The average molecular weight is 208 g/mol. The van der Waals surface area contributed by atoms with E-state index in [0.717, 1.165) is 19.5 Å². The Morgan fingerprint density at radius 3 is 3.13 bits per heavy atom. The maximum absolute atomic E-state index is 10.7. The minimum atomic E-state index is -0.286. The monoisotopic (exact) mass is 208 g/mol. The topological polar surface area (TPSA) is 46.4 Å². The maximum atomic E-state index is 10.7. The van der Waals surface area contributed by atoms with E-state index in [4.69, 9.17) is 0 Å². The minimum absolute atomic E-state index is 0.265. The highest BCUT2D eigenvalue weighted by atomic mass is 16.6. The van der Waals surface area contributed by atoms with Crippen LogP contribution in [0, 0.1) is 16.0 Å². The number of piperidine rings is 1. The number of hydrogen-bond acceptors (Lipinski definition) is 3. The summed E-state index contributed by atoms with van der Waals surface area (Å²) < 4.78 is 0. The molecule has 1 aliphatic heterocycles. The Labute approximate surface area is 89.4 Å². The third-order valence-corrected chi connectivity index (χ3v) is 3.26. The standard InChI is InChI=1S/C11H16N2O2/c1-2-12-7-3-4-9-5-6-10(13(14)15)8-11(9)12/h6,8-9H,2-5,7H2,1H3. The maximum Gasteiger partial charge on any atom is 0.267 e. The van der Waals surface area contributed by atoms with Gasteiger partial charge in [-0.05, 0) is 32.3 Å². The minimum Gasteiger partial charge on any atom is -0.375 e. The number of fused-ring (bicyclic) bond motifs is 1. The van der Waals surface area contributed by atoms with E-state index in [1.54, 1.807) is 12.2 Å². The molecule has 2 aliphatic rings. The second-order valence-electron chi connectivity index (χ2n) is 4.11. The van der Waals surface area contributed by atoms with E-state index in [0.29, 0.717) is 5.92 Å². The Hall–Kier alpha value is -1.32. The zero-order chi connectivity index (χ0) is 10.8. The highest BCUT2D eigenvalue weighted by Crippen LogP contribution is 2.34. The Kier molecular flexibility index (Phi) is 2.75. The highest BCUT2D eigenvalue weighted by molar-refractivity contribution is 5.25. The van der Waals surface area contributed by atoms with Gasteiger partial charge in [0.25, 0.3) is 5.70 Å². The smallest absolute Gasteiger partial charge is 0.267 e. The average Bonchev–Trinajstić information content (AvgIpc) is 2.27. The van der Waals surface area contributed by atoms with E-state index in [2.05, 4.69) is 11.8 Å². The Morgan fingerprint density at radius 1 is 1.67 bits per heavy atom. The van der Waals surface area contributed by atoms with Crippen molar-refractivity contribution in [3.8, 4) is 0 Å². The summed E-state index contributed by atoms with van der Waals surface area (Å²) in [7, 11) is 0. The molecule has 1 saturated heterocycles. The molecule has 1 unspecified atom stereocenters. The fraction of sp³-hybridized carbons (Fsp3) is 0.636. The highest BCUT2D eigenvalue weighted by Gasteiger charge is 2.28. The number of nitro groups is 1. The Morgan fingerprint density at radius 2 is 2.47 bits per heavy atom. The van der Waals surface area contributed by atoms with Crippen molar-refractivity contribution in [2.45, 2.75) is 26.2 Å². The first kappa shape index (κ1) is 10.2. The normalized spacial score (nSPS) is 25.4. The van der Waals surface area contributed by atoms with E-state index < -0.39 is 0 Å². The SMILES string of the molecule is CCN1CCCC2CC=C([N+](=O)[O-])C=C21. The Bertz CT molecular complexity index is 333. The van der Waals surface area contributed by atoms with Crippen molar-refractivity contribution >= 4 is 0 Å². The lowest BCUT2D eigenvalue weighted by Crippen LogP contribution is -2.34. The fourth-order valence-electron chi connectivity index (χ4n) is 2.45. The first-order chi connectivity index (χ1) is 7.22. The van der Waals surface area contributed by atoms with Gasteiger partial charge < -0.3 is 4.90 Å². The second kappa shape index (κ2) is 4.04. The van der Waals surface area contributed by atoms with Crippen molar-refractivity contribution < 1.29 is 4.92 Å². The van der Waals surface area contributed by atoms with Gasteiger partial charge in [-0.2, -0.15) is 0 Å². The van der Waals surface area contributed by atoms with Crippen LogP contribution < -0.4 is 0 Å². The van der Waals surface area contributed by atoms with Gasteiger partial charge in [-0.15, -0.1) is 0 Å². The van der Waals surface area contributed by atoms with E-state index in [9.17, 15) is 10.1 Å². The summed E-state index contributed by atoms with van der Waals surface area (Å²) in [5, 5.41) is 10.7. The lowest BCUT2D eigenvalue weighted by Gasteiger charge is -2.37. The Balaban J connectivity index is 2.24. The van der Waals surface area contributed by atoms with Crippen LogP contribution in [0.4, 0.5) is 0 Å². The van der Waals surface area contributed by atoms with Gasteiger partial charge in [0.05, 0.1) is 4.92 Å². The van der Waals surface area contributed by atoms with Crippen molar-refractivity contribution in [2.75, 3.05) is 13.1 Å². The number of rotatable bonds is 2. The van der Waals surface area contributed by atoms with Crippen LogP contribution in [0.5, 0.6) is 0 Å². The summed E-state index contributed by atoms with van der Waals surface area (Å²) in [6, 6.07) is 0. The van der Waals surface area contributed by atoms with Crippen LogP contribution in [0.2, 0.25) is 0 Å². The van der Waals surface area contributed by atoms with Crippen molar-refractivity contribution in [1.82, 2.24) is 4.90 Å². The van der Waals surface area contributed by atoms with Gasteiger partial charge in [0.15, 0.2) is 0 Å². The van der Waals surface area contributed by atoms with Crippen LogP contribution in [-0.4, -0.2) is 22.9 Å². The molecule has 4 nitrogen and oxygen atoms in total. The molecule has 1 fully saturated rings. The quantitative estimate of drug-likeness (QED) is 0.516. The molecular weight excluding hydrogens is 192 g/mol. The van der Waals surface area contributed by atoms with E-state index in [1.807, 2.05) is 0 Å². The van der Waals surface area contributed by atoms with Gasteiger partial charge >= 0.3 is 0 Å². The third kappa shape index (κ3) is 1.89. The molecule has 0 radical (unpaired) electrons. The number of hydrogen-bond donors (Lipinski definition) is 0.